The van der Waals surface area contributed by atoms with Gasteiger partial charge >= 0.3 is 0 Å². The Morgan fingerprint density at radius 1 is 1.20 bits per heavy atom. The lowest BCUT2D eigenvalue weighted by molar-refractivity contribution is 0.929. The van der Waals surface area contributed by atoms with Crippen LogP contribution in [0.2, 0.25) is 0 Å². The second-order valence-electron chi connectivity index (χ2n) is 3.86. The fourth-order valence-corrected chi connectivity index (χ4v) is 2.01. The molecular formula is C15H16. The molecule has 0 bridgehead atoms. The average molecular weight is 196 g/mol. The lowest BCUT2D eigenvalue weighted by Gasteiger charge is -2.07. The van der Waals surface area contributed by atoms with Gasteiger partial charge in [-0.15, -0.1) is 0 Å². The summed E-state index contributed by atoms with van der Waals surface area (Å²) in [7, 11) is 0. The molecule has 0 saturated heterocycles. The molecule has 0 N–H and O–H groups in total. The van der Waals surface area contributed by atoms with Crippen LogP contribution in [0.4, 0.5) is 0 Å². The van der Waals surface area contributed by atoms with Crippen LogP contribution in [0.1, 0.15) is 24.5 Å². The Labute approximate surface area is 91.2 Å². The van der Waals surface area contributed by atoms with Crippen LogP contribution >= 0.6 is 0 Å². The van der Waals surface area contributed by atoms with Gasteiger partial charge in [-0.3, -0.25) is 0 Å². The van der Waals surface area contributed by atoms with Crippen LogP contribution in [-0.2, 0) is 6.42 Å². The molecule has 0 aromatic heterocycles. The summed E-state index contributed by atoms with van der Waals surface area (Å²) in [5, 5.41) is 2.70. The molecule has 2 aromatic rings. The summed E-state index contributed by atoms with van der Waals surface area (Å²) >= 11 is 0. The van der Waals surface area contributed by atoms with E-state index >= 15 is 0 Å². The predicted molar refractivity (Wildman–Crippen MR) is 68.0 cm³/mol. The van der Waals surface area contributed by atoms with E-state index < -0.39 is 0 Å². The molecule has 0 aliphatic heterocycles. The molecule has 0 unspecified atom stereocenters. The van der Waals surface area contributed by atoms with Crippen molar-refractivity contribution in [2.45, 2.75) is 19.8 Å². The molecule has 2 rings (SSSR count). The third-order valence-corrected chi connectivity index (χ3v) is 2.72. The van der Waals surface area contributed by atoms with Crippen LogP contribution in [0, 0.1) is 0 Å². The lowest BCUT2D eigenvalue weighted by Crippen LogP contribution is -1.87. The Morgan fingerprint density at radius 2 is 2.00 bits per heavy atom. The van der Waals surface area contributed by atoms with Crippen LogP contribution in [0.5, 0.6) is 0 Å². The third-order valence-electron chi connectivity index (χ3n) is 2.72. The number of hydrogen-bond donors (Lipinski definition) is 0. The lowest BCUT2D eigenvalue weighted by atomic mass is 9.98. The molecule has 0 radical (unpaired) electrons. The first-order valence-corrected chi connectivity index (χ1v) is 5.49. The van der Waals surface area contributed by atoms with Crippen molar-refractivity contribution >= 4 is 16.8 Å². The van der Waals surface area contributed by atoms with E-state index in [0.717, 1.165) is 6.42 Å². The molecule has 2 aromatic carbocycles. The van der Waals surface area contributed by atoms with Crippen molar-refractivity contribution in [2.24, 2.45) is 0 Å². The fourth-order valence-electron chi connectivity index (χ4n) is 2.01. The van der Waals surface area contributed by atoms with Gasteiger partial charge in [-0.25, -0.2) is 0 Å². The monoisotopic (exact) mass is 196 g/mol. The van der Waals surface area contributed by atoms with E-state index in [0.29, 0.717) is 0 Å². The maximum atomic E-state index is 3.84. The van der Waals surface area contributed by atoms with Crippen molar-refractivity contribution in [3.63, 3.8) is 0 Å². The molecular weight excluding hydrogens is 180 g/mol. The Balaban J connectivity index is 2.68. The smallest absolute Gasteiger partial charge is 0.0151 e. The van der Waals surface area contributed by atoms with E-state index in [1.165, 1.54) is 28.3 Å². The molecule has 0 heterocycles. The summed E-state index contributed by atoms with van der Waals surface area (Å²) in [6.07, 6.45) is 4.25. The van der Waals surface area contributed by atoms with Gasteiger partial charge in [0, 0.05) is 0 Å². The molecule has 0 aliphatic rings. The minimum absolute atomic E-state index is 1.14. The first kappa shape index (κ1) is 9.97. The molecule has 0 nitrogen and oxygen atoms in total. The van der Waals surface area contributed by atoms with Gasteiger partial charge in [-0.05, 0) is 34.4 Å². The highest BCUT2D eigenvalue weighted by Gasteiger charge is 2.01. The number of hydrogen-bond acceptors (Lipinski definition) is 0. The third kappa shape index (κ3) is 1.94. The maximum absolute atomic E-state index is 3.84. The minimum atomic E-state index is 1.14. The maximum Gasteiger partial charge on any atom is -0.0151 e. The van der Waals surface area contributed by atoms with Gasteiger partial charge in [0.1, 0.15) is 0 Å². The molecule has 0 fully saturated rings. The zero-order chi connectivity index (χ0) is 10.7. The van der Waals surface area contributed by atoms with Gasteiger partial charge in [-0.2, -0.15) is 0 Å². The average Bonchev–Trinajstić information content (AvgIpc) is 2.29. The summed E-state index contributed by atoms with van der Waals surface area (Å²) in [4.78, 5) is 0. The highest BCUT2D eigenvalue weighted by atomic mass is 14.1. The molecule has 0 saturated carbocycles. The fraction of sp³-hybridized carbons (Fsp3) is 0.200. The zero-order valence-corrected chi connectivity index (χ0v) is 9.16. The van der Waals surface area contributed by atoms with Gasteiger partial charge in [0.2, 0.25) is 0 Å². The summed E-state index contributed by atoms with van der Waals surface area (Å²) < 4.78 is 0. The second kappa shape index (κ2) is 4.31. The van der Waals surface area contributed by atoms with Crippen molar-refractivity contribution < 1.29 is 0 Å². The molecule has 15 heavy (non-hydrogen) atoms. The predicted octanol–water partition coefficient (Wildman–Crippen LogP) is 4.44. The van der Waals surface area contributed by atoms with Gasteiger partial charge < -0.3 is 0 Å². The van der Waals surface area contributed by atoms with E-state index in [-0.39, 0.29) is 0 Å². The summed E-state index contributed by atoms with van der Waals surface area (Å²) in [5.74, 6) is 0. The van der Waals surface area contributed by atoms with Crippen molar-refractivity contribution in [3.05, 3.63) is 54.1 Å². The van der Waals surface area contributed by atoms with Gasteiger partial charge in [0.05, 0.1) is 0 Å². The minimum Gasteiger partial charge on any atom is -0.0985 e. The normalized spacial score (nSPS) is 10.5. The Morgan fingerprint density at radius 3 is 2.73 bits per heavy atom. The van der Waals surface area contributed by atoms with Crippen LogP contribution < -0.4 is 0 Å². The molecule has 76 valence electrons. The van der Waals surface area contributed by atoms with Crippen molar-refractivity contribution in [3.8, 4) is 0 Å². The quantitative estimate of drug-likeness (QED) is 0.681. The zero-order valence-electron chi connectivity index (χ0n) is 9.16. The van der Waals surface area contributed by atoms with Gasteiger partial charge in [0.15, 0.2) is 0 Å². The number of benzene rings is 2. The molecule has 0 heteroatoms. The second-order valence-corrected chi connectivity index (χ2v) is 3.86. The Bertz CT molecular complexity index is 480. The number of aryl methyl sites for hydroxylation is 1. The van der Waals surface area contributed by atoms with Crippen molar-refractivity contribution in [2.75, 3.05) is 0 Å². The first-order valence-electron chi connectivity index (χ1n) is 5.49. The van der Waals surface area contributed by atoms with Crippen LogP contribution in [0.3, 0.4) is 0 Å². The molecule has 0 amide bonds. The highest BCUT2D eigenvalue weighted by molar-refractivity contribution is 5.87. The molecule has 0 spiro atoms. The van der Waals surface area contributed by atoms with Crippen LogP contribution in [0.15, 0.2) is 43.0 Å². The largest absolute Gasteiger partial charge is 0.0985 e. The highest BCUT2D eigenvalue weighted by Crippen LogP contribution is 2.22. The Hall–Kier alpha value is -1.56. The van der Waals surface area contributed by atoms with E-state index in [1.807, 2.05) is 6.08 Å². The summed E-state index contributed by atoms with van der Waals surface area (Å²) in [5.41, 5.74) is 2.66. The van der Waals surface area contributed by atoms with Gasteiger partial charge in [-0.1, -0.05) is 56.3 Å². The topological polar surface area (TPSA) is 0 Å². The standard InChI is InChI=1S/C15H16/c1-3-7-13-10-12(4-2)11-14-8-5-6-9-15(13)14/h4-6,8-11H,2-3,7H2,1H3. The summed E-state index contributed by atoms with van der Waals surface area (Å²) in [6.45, 7) is 6.06. The number of fused-ring (bicyclic) bond motifs is 1. The van der Waals surface area contributed by atoms with E-state index in [4.69, 9.17) is 0 Å². The van der Waals surface area contributed by atoms with Gasteiger partial charge in [0.25, 0.3) is 0 Å². The number of rotatable bonds is 3. The van der Waals surface area contributed by atoms with Crippen molar-refractivity contribution in [1.82, 2.24) is 0 Å². The Kier molecular flexibility index (Phi) is 2.86. The molecule has 0 atom stereocenters. The van der Waals surface area contributed by atoms with Crippen molar-refractivity contribution in [1.29, 1.82) is 0 Å². The van der Waals surface area contributed by atoms with E-state index in [2.05, 4.69) is 49.9 Å². The van der Waals surface area contributed by atoms with Crippen LogP contribution in [-0.4, -0.2) is 0 Å². The summed E-state index contributed by atoms with van der Waals surface area (Å²) in [6, 6.07) is 13.0. The van der Waals surface area contributed by atoms with E-state index in [9.17, 15) is 0 Å². The first-order chi connectivity index (χ1) is 7.35. The van der Waals surface area contributed by atoms with E-state index in [1.54, 1.807) is 0 Å². The SMILES string of the molecule is C=Cc1cc(CCC)c2ccccc2c1. The molecule has 0 aliphatic carbocycles. The van der Waals surface area contributed by atoms with Crippen LogP contribution in [0.25, 0.3) is 16.8 Å².